The average molecular weight is 250 g/mol. The van der Waals surface area contributed by atoms with Gasteiger partial charge in [-0.25, -0.2) is 4.79 Å². The summed E-state index contributed by atoms with van der Waals surface area (Å²) in [5.74, 6) is 0.581. The van der Waals surface area contributed by atoms with Crippen molar-refractivity contribution in [2.45, 2.75) is 19.9 Å². The van der Waals surface area contributed by atoms with Crippen molar-refractivity contribution < 1.29 is 9.53 Å². The molecule has 0 radical (unpaired) electrons. The molecule has 1 amide bonds. The van der Waals surface area contributed by atoms with Crippen molar-refractivity contribution >= 4 is 6.09 Å². The number of amides is 1. The van der Waals surface area contributed by atoms with Crippen LogP contribution in [0.25, 0.3) is 0 Å². The minimum Gasteiger partial charge on any atom is -0.410 e. The van der Waals surface area contributed by atoms with Crippen LogP contribution in [0, 0.1) is 0 Å². The predicted molar refractivity (Wildman–Crippen MR) is 72.9 cm³/mol. The highest BCUT2D eigenvalue weighted by molar-refractivity contribution is 5.71. The van der Waals surface area contributed by atoms with Gasteiger partial charge in [0, 0.05) is 19.1 Å². The molecule has 1 atom stereocenters. The van der Waals surface area contributed by atoms with Crippen molar-refractivity contribution in [3.8, 4) is 5.75 Å². The molecule has 0 spiro atoms. The Morgan fingerprint density at radius 2 is 1.89 bits per heavy atom. The first kappa shape index (κ1) is 14.5. The van der Waals surface area contributed by atoms with Gasteiger partial charge >= 0.3 is 6.09 Å². The van der Waals surface area contributed by atoms with E-state index in [1.807, 2.05) is 46.1 Å². The van der Waals surface area contributed by atoms with Gasteiger partial charge in [-0.2, -0.15) is 0 Å². The van der Waals surface area contributed by atoms with Crippen LogP contribution in [-0.4, -0.2) is 49.1 Å². The Morgan fingerprint density at radius 3 is 2.39 bits per heavy atom. The van der Waals surface area contributed by atoms with Crippen LogP contribution >= 0.6 is 0 Å². The summed E-state index contributed by atoms with van der Waals surface area (Å²) >= 11 is 0. The molecule has 1 unspecified atom stereocenters. The summed E-state index contributed by atoms with van der Waals surface area (Å²) in [7, 11) is 3.99. The summed E-state index contributed by atoms with van der Waals surface area (Å²) < 4.78 is 5.34. The van der Waals surface area contributed by atoms with Gasteiger partial charge in [0.1, 0.15) is 5.75 Å². The number of nitrogens with zero attached hydrogens (tertiary/aromatic N) is 2. The van der Waals surface area contributed by atoms with Crippen molar-refractivity contribution in [2.75, 3.05) is 27.2 Å². The van der Waals surface area contributed by atoms with Crippen molar-refractivity contribution in [3.63, 3.8) is 0 Å². The number of likely N-dealkylation sites (N-methyl/N-ethyl adjacent to an activating group) is 2. The van der Waals surface area contributed by atoms with Gasteiger partial charge in [-0.05, 0) is 40.1 Å². The number of carbonyl (C=O) groups excluding carboxylic acids is 1. The van der Waals surface area contributed by atoms with Crippen LogP contribution in [0.1, 0.15) is 13.8 Å². The van der Waals surface area contributed by atoms with Crippen molar-refractivity contribution in [1.82, 2.24) is 9.80 Å². The molecular weight excluding hydrogens is 228 g/mol. The van der Waals surface area contributed by atoms with E-state index in [0.717, 1.165) is 6.54 Å². The van der Waals surface area contributed by atoms with Gasteiger partial charge < -0.3 is 14.5 Å². The molecule has 0 aliphatic carbocycles. The van der Waals surface area contributed by atoms with Gasteiger partial charge in [0.25, 0.3) is 0 Å². The quantitative estimate of drug-likeness (QED) is 0.804. The fourth-order valence-corrected chi connectivity index (χ4v) is 1.90. The first-order chi connectivity index (χ1) is 8.54. The summed E-state index contributed by atoms with van der Waals surface area (Å²) in [6.45, 7) is 5.44. The summed E-state index contributed by atoms with van der Waals surface area (Å²) in [5, 5.41) is 0. The van der Waals surface area contributed by atoms with Gasteiger partial charge in [-0.3, -0.25) is 0 Å². The molecule has 100 valence electrons. The van der Waals surface area contributed by atoms with E-state index in [0.29, 0.717) is 12.3 Å². The van der Waals surface area contributed by atoms with Gasteiger partial charge in [0.15, 0.2) is 0 Å². The fraction of sp³-hybridized carbons (Fsp3) is 0.500. The lowest BCUT2D eigenvalue weighted by Gasteiger charge is -2.29. The fourth-order valence-electron chi connectivity index (χ4n) is 1.90. The number of ether oxygens (including phenoxy) is 1. The lowest BCUT2D eigenvalue weighted by atomic mass is 10.3. The van der Waals surface area contributed by atoms with Crippen molar-refractivity contribution in [2.24, 2.45) is 0 Å². The van der Waals surface area contributed by atoms with Crippen LogP contribution in [0.15, 0.2) is 30.3 Å². The number of carbonyl (C=O) groups is 1. The van der Waals surface area contributed by atoms with E-state index in [9.17, 15) is 4.79 Å². The minimum absolute atomic E-state index is 0.126. The van der Waals surface area contributed by atoms with E-state index in [2.05, 4.69) is 4.90 Å². The van der Waals surface area contributed by atoms with Crippen LogP contribution in [0.2, 0.25) is 0 Å². The van der Waals surface area contributed by atoms with Gasteiger partial charge in [0.05, 0.1) is 0 Å². The molecule has 4 nitrogen and oxygen atoms in total. The molecule has 4 heteroatoms. The summed E-state index contributed by atoms with van der Waals surface area (Å²) in [6.07, 6.45) is -0.293. The summed E-state index contributed by atoms with van der Waals surface area (Å²) in [6, 6.07) is 9.28. The first-order valence-corrected chi connectivity index (χ1v) is 6.22. The molecule has 0 aromatic heterocycles. The molecule has 0 bridgehead atoms. The lowest BCUT2D eigenvalue weighted by Crippen LogP contribution is -2.45. The molecule has 0 saturated heterocycles. The van der Waals surface area contributed by atoms with Gasteiger partial charge in [0.2, 0.25) is 0 Å². The van der Waals surface area contributed by atoms with Crippen LogP contribution in [0.3, 0.4) is 0 Å². The van der Waals surface area contributed by atoms with E-state index in [1.54, 1.807) is 17.0 Å². The third-order valence-corrected chi connectivity index (χ3v) is 2.68. The molecule has 0 fully saturated rings. The van der Waals surface area contributed by atoms with Crippen LogP contribution in [-0.2, 0) is 0 Å². The third kappa shape index (κ3) is 4.37. The zero-order valence-electron chi connectivity index (χ0n) is 11.6. The Balaban J connectivity index is 2.62. The zero-order chi connectivity index (χ0) is 13.5. The highest BCUT2D eigenvalue weighted by atomic mass is 16.6. The molecular formula is C14H22N2O2. The smallest absolute Gasteiger partial charge is 0.410 e. The maximum atomic E-state index is 12.1. The molecule has 1 rings (SSSR count). The molecule has 18 heavy (non-hydrogen) atoms. The molecule has 0 heterocycles. The van der Waals surface area contributed by atoms with Gasteiger partial charge in [-0.15, -0.1) is 0 Å². The largest absolute Gasteiger partial charge is 0.415 e. The predicted octanol–water partition coefficient (Wildman–Crippen LogP) is 2.46. The topological polar surface area (TPSA) is 32.8 Å². The van der Waals surface area contributed by atoms with E-state index in [-0.39, 0.29) is 12.1 Å². The van der Waals surface area contributed by atoms with Crippen molar-refractivity contribution in [3.05, 3.63) is 30.3 Å². The SMILES string of the molecule is CCN(C(=O)Oc1ccccc1)C(C)CN(C)C. The van der Waals surface area contributed by atoms with Crippen molar-refractivity contribution in [1.29, 1.82) is 0 Å². The maximum Gasteiger partial charge on any atom is 0.415 e. The molecule has 0 saturated carbocycles. The number of hydrogen-bond donors (Lipinski definition) is 0. The normalized spacial score (nSPS) is 12.3. The second-order valence-corrected chi connectivity index (χ2v) is 4.58. The second-order valence-electron chi connectivity index (χ2n) is 4.58. The Morgan fingerprint density at radius 1 is 1.28 bits per heavy atom. The Bertz CT molecular complexity index is 365. The highest BCUT2D eigenvalue weighted by Crippen LogP contribution is 2.11. The molecule has 0 aliphatic rings. The lowest BCUT2D eigenvalue weighted by molar-refractivity contribution is 0.129. The number of rotatable bonds is 5. The molecule has 1 aromatic rings. The second kappa shape index (κ2) is 7.01. The standard InChI is InChI=1S/C14H22N2O2/c1-5-16(12(2)11-15(3)4)14(17)18-13-9-7-6-8-10-13/h6-10,12H,5,11H2,1-4H3. The van der Waals surface area contributed by atoms with E-state index in [4.69, 9.17) is 4.74 Å². The average Bonchev–Trinajstić information content (AvgIpc) is 2.30. The Hall–Kier alpha value is -1.55. The highest BCUT2D eigenvalue weighted by Gasteiger charge is 2.20. The van der Waals surface area contributed by atoms with Crippen LogP contribution in [0.4, 0.5) is 4.79 Å². The number of benzene rings is 1. The Kier molecular flexibility index (Phi) is 5.65. The number of hydrogen-bond acceptors (Lipinski definition) is 3. The van der Waals surface area contributed by atoms with E-state index < -0.39 is 0 Å². The molecule has 0 aliphatic heterocycles. The summed E-state index contributed by atoms with van der Waals surface area (Å²) in [4.78, 5) is 15.8. The zero-order valence-corrected chi connectivity index (χ0v) is 11.6. The summed E-state index contributed by atoms with van der Waals surface area (Å²) in [5.41, 5.74) is 0. The molecule has 1 aromatic carbocycles. The maximum absolute atomic E-state index is 12.1. The van der Waals surface area contributed by atoms with Crippen LogP contribution < -0.4 is 4.74 Å². The monoisotopic (exact) mass is 250 g/mol. The number of para-hydroxylation sites is 1. The third-order valence-electron chi connectivity index (χ3n) is 2.68. The Labute approximate surface area is 109 Å². The minimum atomic E-state index is -0.293. The van der Waals surface area contributed by atoms with Gasteiger partial charge in [-0.1, -0.05) is 18.2 Å². The van der Waals surface area contributed by atoms with E-state index >= 15 is 0 Å². The van der Waals surface area contributed by atoms with Crippen LogP contribution in [0.5, 0.6) is 5.75 Å². The molecule has 0 N–H and O–H groups in total. The first-order valence-electron chi connectivity index (χ1n) is 6.22. The van der Waals surface area contributed by atoms with E-state index in [1.165, 1.54) is 0 Å².